The van der Waals surface area contributed by atoms with Crippen molar-refractivity contribution in [2.45, 2.75) is 31.2 Å². The van der Waals surface area contributed by atoms with E-state index in [0.29, 0.717) is 4.47 Å². The summed E-state index contributed by atoms with van der Waals surface area (Å²) >= 11 is 9.18. The van der Waals surface area contributed by atoms with Crippen molar-refractivity contribution >= 4 is 53.2 Å². The highest BCUT2D eigenvalue weighted by Gasteiger charge is 2.25. The molecule has 1 aromatic carbocycles. The highest BCUT2D eigenvalue weighted by molar-refractivity contribution is 9.10. The van der Waals surface area contributed by atoms with Crippen molar-refractivity contribution in [2.24, 2.45) is 0 Å². The molecule has 20 heavy (non-hydrogen) atoms. The molecule has 112 valence electrons. The first kappa shape index (κ1) is 17.8. The molecule has 1 rings (SSSR count). The minimum absolute atomic E-state index is 0.00797. The Kier molecular flexibility index (Phi) is 5.89. The van der Waals surface area contributed by atoms with E-state index in [2.05, 4.69) is 15.9 Å². The summed E-state index contributed by atoms with van der Waals surface area (Å²) in [7, 11) is 2.94. The van der Waals surface area contributed by atoms with E-state index in [9.17, 15) is 13.2 Å². The Hall–Kier alpha value is -0.300. The van der Waals surface area contributed by atoms with E-state index in [0.717, 1.165) is 6.42 Å². The van der Waals surface area contributed by atoms with Crippen LogP contribution in [0.15, 0.2) is 21.5 Å². The zero-order valence-corrected chi connectivity index (χ0v) is 15.1. The van der Waals surface area contributed by atoms with Crippen LogP contribution in [0, 0.1) is 0 Å². The van der Waals surface area contributed by atoms with Crippen molar-refractivity contribution in [1.82, 2.24) is 4.90 Å². The van der Waals surface area contributed by atoms with Gasteiger partial charge in [-0.05, 0) is 25.5 Å². The van der Waals surface area contributed by atoms with Crippen LogP contribution < -0.4 is 0 Å². The van der Waals surface area contributed by atoms with Gasteiger partial charge in [0.25, 0.3) is 15.0 Å². The maximum absolute atomic E-state index is 12.4. The highest BCUT2D eigenvalue weighted by Crippen LogP contribution is 2.32. The topological polar surface area (TPSA) is 54.5 Å². The zero-order chi connectivity index (χ0) is 15.7. The molecule has 1 unspecified atom stereocenters. The maximum Gasteiger partial charge on any atom is 0.262 e. The molecule has 0 spiro atoms. The summed E-state index contributed by atoms with van der Waals surface area (Å²) in [5.41, 5.74) is 0.100. The average Bonchev–Trinajstić information content (AvgIpc) is 2.37. The summed E-state index contributed by atoms with van der Waals surface area (Å²) in [5, 5.41) is -0.164. The molecule has 8 heteroatoms. The highest BCUT2D eigenvalue weighted by atomic mass is 79.9. The molecule has 0 aliphatic rings. The second-order valence-electron chi connectivity index (χ2n) is 4.38. The predicted molar refractivity (Wildman–Crippen MR) is 84.0 cm³/mol. The molecular formula is C12H14BrCl2NO3S. The minimum atomic E-state index is -4.02. The number of rotatable bonds is 4. The smallest absolute Gasteiger partial charge is 0.262 e. The average molecular weight is 403 g/mol. The number of carbonyl (C=O) groups is 1. The molecule has 0 heterocycles. The first-order valence-electron chi connectivity index (χ1n) is 5.80. The molecule has 0 aliphatic heterocycles. The molecular weight excluding hydrogens is 389 g/mol. The summed E-state index contributed by atoms with van der Waals surface area (Å²) in [6, 6.07) is 2.76. The Bertz CT molecular complexity index is 634. The van der Waals surface area contributed by atoms with Crippen LogP contribution in [0.4, 0.5) is 0 Å². The number of benzene rings is 1. The van der Waals surface area contributed by atoms with Crippen LogP contribution in [0.1, 0.15) is 30.6 Å². The fourth-order valence-electron chi connectivity index (χ4n) is 1.56. The lowest BCUT2D eigenvalue weighted by atomic mass is 10.1. The van der Waals surface area contributed by atoms with E-state index in [1.54, 1.807) is 7.05 Å². The Morgan fingerprint density at radius 2 is 2.00 bits per heavy atom. The molecule has 0 aromatic heterocycles. The summed E-state index contributed by atoms with van der Waals surface area (Å²) in [4.78, 5) is 13.6. The third kappa shape index (κ3) is 3.87. The quantitative estimate of drug-likeness (QED) is 0.717. The van der Waals surface area contributed by atoms with E-state index in [4.69, 9.17) is 22.3 Å². The van der Waals surface area contributed by atoms with Crippen molar-refractivity contribution in [1.29, 1.82) is 0 Å². The van der Waals surface area contributed by atoms with Crippen LogP contribution in [0.2, 0.25) is 5.02 Å². The zero-order valence-electron chi connectivity index (χ0n) is 11.2. The second-order valence-corrected chi connectivity index (χ2v) is 8.20. The lowest BCUT2D eigenvalue weighted by Gasteiger charge is -2.24. The number of carbonyl (C=O) groups excluding carboxylic acids is 1. The maximum atomic E-state index is 12.4. The minimum Gasteiger partial charge on any atom is -0.339 e. The van der Waals surface area contributed by atoms with Crippen molar-refractivity contribution in [3.05, 3.63) is 27.2 Å². The van der Waals surface area contributed by atoms with E-state index in [1.807, 2.05) is 13.8 Å². The normalized spacial score (nSPS) is 13.1. The third-order valence-electron chi connectivity index (χ3n) is 3.07. The van der Waals surface area contributed by atoms with Crippen molar-refractivity contribution in [2.75, 3.05) is 7.05 Å². The van der Waals surface area contributed by atoms with Gasteiger partial charge in [-0.25, -0.2) is 8.42 Å². The molecule has 4 nitrogen and oxygen atoms in total. The van der Waals surface area contributed by atoms with Gasteiger partial charge in [0.05, 0.1) is 10.6 Å². The summed E-state index contributed by atoms with van der Waals surface area (Å²) in [5.74, 6) is -0.354. The van der Waals surface area contributed by atoms with Gasteiger partial charge in [0.15, 0.2) is 0 Å². The monoisotopic (exact) mass is 401 g/mol. The Morgan fingerprint density at radius 3 is 2.45 bits per heavy atom. The van der Waals surface area contributed by atoms with E-state index in [1.165, 1.54) is 17.0 Å². The fourth-order valence-corrected chi connectivity index (χ4v) is 3.74. The number of hydrogen-bond donors (Lipinski definition) is 0. The van der Waals surface area contributed by atoms with Crippen molar-refractivity contribution in [3.63, 3.8) is 0 Å². The van der Waals surface area contributed by atoms with Gasteiger partial charge in [0.1, 0.15) is 4.90 Å². The molecule has 0 radical (unpaired) electrons. The van der Waals surface area contributed by atoms with Gasteiger partial charge in [-0.1, -0.05) is 34.5 Å². The number of amides is 1. The van der Waals surface area contributed by atoms with Gasteiger partial charge in [0, 0.05) is 28.2 Å². The third-order valence-corrected chi connectivity index (χ3v) is 5.39. The van der Waals surface area contributed by atoms with Crippen LogP contribution in [-0.4, -0.2) is 32.3 Å². The fraction of sp³-hybridized carbons (Fsp3) is 0.417. The summed E-state index contributed by atoms with van der Waals surface area (Å²) < 4.78 is 23.4. The molecule has 0 saturated carbocycles. The predicted octanol–water partition coefficient (Wildman–Crippen LogP) is 3.90. The molecule has 0 saturated heterocycles. The number of halogens is 3. The van der Waals surface area contributed by atoms with E-state index in [-0.39, 0.29) is 27.4 Å². The van der Waals surface area contributed by atoms with Gasteiger partial charge in [0.2, 0.25) is 0 Å². The molecule has 1 atom stereocenters. The number of hydrogen-bond acceptors (Lipinski definition) is 3. The van der Waals surface area contributed by atoms with Crippen LogP contribution in [0.3, 0.4) is 0 Å². The molecule has 0 bridgehead atoms. The SMILES string of the molecule is CCC(C)N(C)C(=O)c1cc(Br)cc(S(=O)(=O)Cl)c1Cl. The van der Waals surface area contributed by atoms with Gasteiger partial charge < -0.3 is 4.90 Å². The van der Waals surface area contributed by atoms with Gasteiger partial charge in [-0.2, -0.15) is 0 Å². The van der Waals surface area contributed by atoms with Crippen LogP contribution >= 0.6 is 38.2 Å². The van der Waals surface area contributed by atoms with Crippen molar-refractivity contribution < 1.29 is 13.2 Å². The van der Waals surface area contributed by atoms with Crippen LogP contribution in [0.5, 0.6) is 0 Å². The van der Waals surface area contributed by atoms with Crippen LogP contribution in [0.25, 0.3) is 0 Å². The van der Waals surface area contributed by atoms with Crippen LogP contribution in [-0.2, 0) is 9.05 Å². The Balaban J connectivity index is 3.40. The van der Waals surface area contributed by atoms with Gasteiger partial charge in [-0.15, -0.1) is 0 Å². The second kappa shape index (κ2) is 6.64. The largest absolute Gasteiger partial charge is 0.339 e. The lowest BCUT2D eigenvalue weighted by Crippen LogP contribution is -2.34. The first-order valence-corrected chi connectivity index (χ1v) is 9.28. The molecule has 0 N–H and O–H groups in total. The summed E-state index contributed by atoms with van der Waals surface area (Å²) in [6.07, 6.45) is 0.772. The Labute approximate surface area is 136 Å². The van der Waals surface area contributed by atoms with Gasteiger partial charge in [-0.3, -0.25) is 4.79 Å². The standard InChI is InChI=1S/C12H14BrCl2NO3S/c1-4-7(2)16(3)12(17)9-5-8(13)6-10(11(9)14)20(15,18)19/h5-7H,4H2,1-3H3. The van der Waals surface area contributed by atoms with E-state index < -0.39 is 9.05 Å². The molecule has 0 fully saturated rings. The lowest BCUT2D eigenvalue weighted by molar-refractivity contribution is 0.0740. The number of nitrogens with zero attached hydrogens (tertiary/aromatic N) is 1. The summed E-state index contributed by atoms with van der Waals surface area (Å²) in [6.45, 7) is 3.84. The molecule has 0 aliphatic carbocycles. The first-order chi connectivity index (χ1) is 9.09. The van der Waals surface area contributed by atoms with E-state index >= 15 is 0 Å². The Morgan fingerprint density at radius 1 is 1.45 bits per heavy atom. The van der Waals surface area contributed by atoms with Gasteiger partial charge >= 0.3 is 0 Å². The molecule has 1 aromatic rings. The van der Waals surface area contributed by atoms with Crippen molar-refractivity contribution in [3.8, 4) is 0 Å². The molecule has 1 amide bonds.